The standard InChI is InChI=1S/C11H15N.ClH/c1-8-3-2-4-9-7-10(12)5-6-11(8)9;/h2-4,10H,5-7,12H2,1H3;1H. The van der Waals surface area contributed by atoms with Gasteiger partial charge in [0.15, 0.2) is 0 Å². The molecule has 1 unspecified atom stereocenters. The second kappa shape index (κ2) is 4.12. The van der Waals surface area contributed by atoms with Gasteiger partial charge < -0.3 is 5.73 Å². The molecule has 72 valence electrons. The lowest BCUT2D eigenvalue weighted by Crippen LogP contribution is -2.28. The molecular weight excluding hydrogens is 182 g/mol. The molecule has 13 heavy (non-hydrogen) atoms. The number of hydrogen-bond donors (Lipinski definition) is 1. The average Bonchev–Trinajstić information content (AvgIpc) is 2.04. The van der Waals surface area contributed by atoms with Gasteiger partial charge in [-0.25, -0.2) is 0 Å². The number of rotatable bonds is 0. The van der Waals surface area contributed by atoms with Gasteiger partial charge in [0.1, 0.15) is 0 Å². The van der Waals surface area contributed by atoms with Crippen LogP contribution in [0.2, 0.25) is 0 Å². The molecule has 0 aliphatic heterocycles. The van der Waals surface area contributed by atoms with Crippen molar-refractivity contribution in [3.8, 4) is 0 Å². The average molecular weight is 198 g/mol. The molecule has 1 aliphatic rings. The maximum atomic E-state index is 5.90. The van der Waals surface area contributed by atoms with Gasteiger partial charge in [-0.05, 0) is 42.9 Å². The summed E-state index contributed by atoms with van der Waals surface area (Å²) in [6.07, 6.45) is 3.39. The van der Waals surface area contributed by atoms with Crippen LogP contribution in [0.5, 0.6) is 0 Å². The summed E-state index contributed by atoms with van der Waals surface area (Å²) in [5.74, 6) is 0. The van der Waals surface area contributed by atoms with Crippen molar-refractivity contribution in [1.82, 2.24) is 0 Å². The molecule has 1 nitrogen and oxygen atoms in total. The number of nitrogens with two attached hydrogens (primary N) is 1. The molecular formula is C11H16ClN. The molecule has 0 aromatic heterocycles. The van der Waals surface area contributed by atoms with Gasteiger partial charge in [-0.3, -0.25) is 0 Å². The Bertz CT molecular complexity index is 296. The molecule has 2 N–H and O–H groups in total. The molecule has 1 aromatic carbocycles. The zero-order chi connectivity index (χ0) is 8.55. The first-order valence-corrected chi connectivity index (χ1v) is 4.60. The summed E-state index contributed by atoms with van der Waals surface area (Å²) < 4.78 is 0. The van der Waals surface area contributed by atoms with Crippen molar-refractivity contribution in [3.05, 3.63) is 34.9 Å². The largest absolute Gasteiger partial charge is 0.327 e. The highest BCUT2D eigenvalue weighted by atomic mass is 35.5. The van der Waals surface area contributed by atoms with E-state index in [0.29, 0.717) is 6.04 Å². The third-order valence-electron chi connectivity index (χ3n) is 2.75. The third kappa shape index (κ3) is 2.04. The molecule has 2 rings (SSSR count). The molecule has 0 heterocycles. The monoisotopic (exact) mass is 197 g/mol. The molecule has 0 radical (unpaired) electrons. The van der Waals surface area contributed by atoms with Gasteiger partial charge in [0, 0.05) is 6.04 Å². The Morgan fingerprint density at radius 3 is 2.92 bits per heavy atom. The van der Waals surface area contributed by atoms with E-state index in [1.165, 1.54) is 17.5 Å². The fourth-order valence-electron chi connectivity index (χ4n) is 2.03. The Kier molecular flexibility index (Phi) is 3.34. The molecule has 2 heteroatoms. The Morgan fingerprint density at radius 1 is 1.38 bits per heavy atom. The van der Waals surface area contributed by atoms with Crippen molar-refractivity contribution in [3.63, 3.8) is 0 Å². The van der Waals surface area contributed by atoms with Gasteiger partial charge in [0.2, 0.25) is 0 Å². The quantitative estimate of drug-likeness (QED) is 0.679. The lowest BCUT2D eigenvalue weighted by atomic mass is 9.86. The molecule has 0 bridgehead atoms. The summed E-state index contributed by atoms with van der Waals surface area (Å²) >= 11 is 0. The van der Waals surface area contributed by atoms with E-state index >= 15 is 0 Å². The summed E-state index contributed by atoms with van der Waals surface area (Å²) in [6, 6.07) is 6.92. The zero-order valence-corrected chi connectivity index (χ0v) is 8.73. The highest BCUT2D eigenvalue weighted by molar-refractivity contribution is 5.85. The molecule has 0 saturated carbocycles. The van der Waals surface area contributed by atoms with E-state index < -0.39 is 0 Å². The van der Waals surface area contributed by atoms with Crippen molar-refractivity contribution in [2.24, 2.45) is 5.73 Å². The number of fused-ring (bicyclic) bond motifs is 1. The van der Waals surface area contributed by atoms with Crippen LogP contribution >= 0.6 is 12.4 Å². The van der Waals surface area contributed by atoms with Gasteiger partial charge in [-0.15, -0.1) is 12.4 Å². The van der Waals surface area contributed by atoms with Crippen LogP contribution in [0.15, 0.2) is 18.2 Å². The second-order valence-corrected chi connectivity index (χ2v) is 3.72. The third-order valence-corrected chi connectivity index (χ3v) is 2.75. The Hall–Kier alpha value is -0.530. The Balaban J connectivity index is 0.000000845. The van der Waals surface area contributed by atoms with E-state index in [1.807, 2.05) is 0 Å². The van der Waals surface area contributed by atoms with Gasteiger partial charge in [-0.2, -0.15) is 0 Å². The van der Waals surface area contributed by atoms with Crippen LogP contribution in [0.4, 0.5) is 0 Å². The number of benzene rings is 1. The van der Waals surface area contributed by atoms with Crippen LogP contribution in [0.1, 0.15) is 23.1 Å². The van der Waals surface area contributed by atoms with Crippen molar-refractivity contribution in [1.29, 1.82) is 0 Å². The molecule has 0 fully saturated rings. The maximum absolute atomic E-state index is 5.90. The van der Waals surface area contributed by atoms with Crippen molar-refractivity contribution < 1.29 is 0 Å². The van der Waals surface area contributed by atoms with E-state index in [-0.39, 0.29) is 12.4 Å². The summed E-state index contributed by atoms with van der Waals surface area (Å²) in [7, 11) is 0. The minimum Gasteiger partial charge on any atom is -0.327 e. The SMILES string of the molecule is Cc1cccc2c1CCC(N)C2.Cl. The highest BCUT2D eigenvalue weighted by Gasteiger charge is 2.15. The van der Waals surface area contributed by atoms with E-state index in [9.17, 15) is 0 Å². The predicted octanol–water partition coefficient (Wildman–Crippen LogP) is 2.23. The van der Waals surface area contributed by atoms with E-state index in [0.717, 1.165) is 12.8 Å². The lowest BCUT2D eigenvalue weighted by molar-refractivity contribution is 0.575. The van der Waals surface area contributed by atoms with Crippen molar-refractivity contribution in [2.45, 2.75) is 32.2 Å². The van der Waals surface area contributed by atoms with Crippen LogP contribution in [0, 0.1) is 6.92 Å². The smallest absolute Gasteiger partial charge is 0.00825 e. The number of hydrogen-bond acceptors (Lipinski definition) is 1. The van der Waals surface area contributed by atoms with Gasteiger partial charge >= 0.3 is 0 Å². The summed E-state index contributed by atoms with van der Waals surface area (Å²) in [4.78, 5) is 0. The normalized spacial score (nSPS) is 20.3. The minimum absolute atomic E-state index is 0. The fraction of sp³-hybridized carbons (Fsp3) is 0.455. The van der Waals surface area contributed by atoms with Gasteiger partial charge in [0.25, 0.3) is 0 Å². The summed E-state index contributed by atoms with van der Waals surface area (Å²) in [5.41, 5.74) is 10.3. The second-order valence-electron chi connectivity index (χ2n) is 3.72. The molecule has 0 spiro atoms. The van der Waals surface area contributed by atoms with Gasteiger partial charge in [-0.1, -0.05) is 18.2 Å². The predicted molar refractivity (Wildman–Crippen MR) is 58.4 cm³/mol. The topological polar surface area (TPSA) is 26.0 Å². The molecule has 0 amide bonds. The maximum Gasteiger partial charge on any atom is 0.00825 e. The lowest BCUT2D eigenvalue weighted by Gasteiger charge is -2.22. The van der Waals surface area contributed by atoms with Crippen LogP contribution in [0.25, 0.3) is 0 Å². The first-order valence-electron chi connectivity index (χ1n) is 4.60. The Morgan fingerprint density at radius 2 is 2.15 bits per heavy atom. The van der Waals surface area contributed by atoms with Crippen LogP contribution in [0.3, 0.4) is 0 Å². The van der Waals surface area contributed by atoms with E-state index in [1.54, 1.807) is 5.56 Å². The van der Waals surface area contributed by atoms with Crippen LogP contribution < -0.4 is 5.73 Å². The van der Waals surface area contributed by atoms with E-state index in [4.69, 9.17) is 5.73 Å². The zero-order valence-electron chi connectivity index (χ0n) is 7.92. The van der Waals surface area contributed by atoms with Crippen LogP contribution in [-0.4, -0.2) is 6.04 Å². The molecule has 0 saturated heterocycles. The molecule has 1 aromatic rings. The summed E-state index contributed by atoms with van der Waals surface area (Å²) in [5, 5.41) is 0. The number of halogens is 1. The molecule has 1 aliphatic carbocycles. The van der Waals surface area contributed by atoms with Crippen molar-refractivity contribution >= 4 is 12.4 Å². The molecule has 1 atom stereocenters. The first kappa shape index (κ1) is 10.6. The summed E-state index contributed by atoms with van der Waals surface area (Å²) in [6.45, 7) is 2.19. The minimum atomic E-state index is 0. The number of aryl methyl sites for hydroxylation is 1. The fourth-order valence-corrected chi connectivity index (χ4v) is 2.03. The van der Waals surface area contributed by atoms with Gasteiger partial charge in [0.05, 0.1) is 0 Å². The Labute approximate surface area is 85.7 Å². The first-order chi connectivity index (χ1) is 5.77. The van der Waals surface area contributed by atoms with E-state index in [2.05, 4.69) is 25.1 Å². The highest BCUT2D eigenvalue weighted by Crippen LogP contribution is 2.23. The van der Waals surface area contributed by atoms with Crippen LogP contribution in [-0.2, 0) is 12.8 Å². The van der Waals surface area contributed by atoms with Crippen molar-refractivity contribution in [2.75, 3.05) is 0 Å².